The zero-order valence-corrected chi connectivity index (χ0v) is 19.2. The molecule has 0 bridgehead atoms. The molecule has 0 atom stereocenters. The van der Waals surface area contributed by atoms with Gasteiger partial charge in [-0.25, -0.2) is 4.98 Å². The van der Waals surface area contributed by atoms with Crippen LogP contribution < -0.4 is 5.32 Å². The largest absolute Gasteiger partial charge is 0.467 e. The highest BCUT2D eigenvalue weighted by atomic mass is 32.2. The average Bonchev–Trinajstić information content (AvgIpc) is 3.61. The van der Waals surface area contributed by atoms with Crippen LogP contribution in [0.3, 0.4) is 0 Å². The Bertz CT molecular complexity index is 1360. The van der Waals surface area contributed by atoms with Gasteiger partial charge < -0.3 is 14.2 Å². The monoisotopic (exact) mass is 477 g/mol. The van der Waals surface area contributed by atoms with Crippen LogP contribution >= 0.6 is 23.1 Å². The molecule has 166 valence electrons. The molecule has 0 aliphatic heterocycles. The number of hydrogen-bond donors (Lipinski definition) is 1. The van der Waals surface area contributed by atoms with E-state index >= 15 is 0 Å². The van der Waals surface area contributed by atoms with E-state index < -0.39 is 0 Å². The molecule has 0 spiro atoms. The molecule has 4 heterocycles. The Balaban J connectivity index is 1.32. The van der Waals surface area contributed by atoms with Gasteiger partial charge in [-0.1, -0.05) is 36.0 Å². The van der Waals surface area contributed by atoms with E-state index in [-0.39, 0.29) is 11.7 Å². The van der Waals surface area contributed by atoms with Crippen molar-refractivity contribution in [2.45, 2.75) is 18.6 Å². The molecule has 5 aromatic rings. The number of amides is 1. The maximum Gasteiger partial charge on any atom is 0.236 e. The molecule has 10 heteroatoms. The minimum Gasteiger partial charge on any atom is -0.467 e. The summed E-state index contributed by atoms with van der Waals surface area (Å²) in [7, 11) is 0. The van der Waals surface area contributed by atoms with Crippen molar-refractivity contribution in [3.8, 4) is 22.8 Å². The Labute approximate surface area is 197 Å². The van der Waals surface area contributed by atoms with Gasteiger partial charge in [-0.15, -0.1) is 21.5 Å². The van der Waals surface area contributed by atoms with E-state index in [0.717, 1.165) is 22.7 Å². The van der Waals surface area contributed by atoms with Crippen molar-refractivity contribution < 1.29 is 13.6 Å². The number of nitrogens with zero attached hydrogens (tertiary/aromatic N) is 4. The Morgan fingerprint density at radius 3 is 2.73 bits per heavy atom. The van der Waals surface area contributed by atoms with Crippen LogP contribution in [-0.4, -0.2) is 31.4 Å². The van der Waals surface area contributed by atoms with Crippen molar-refractivity contribution in [2.24, 2.45) is 0 Å². The molecule has 5 rings (SSSR count). The topological polar surface area (TPSA) is 99.0 Å². The first kappa shape index (κ1) is 21.2. The summed E-state index contributed by atoms with van der Waals surface area (Å²) >= 11 is 2.66. The first-order chi connectivity index (χ1) is 16.2. The van der Waals surface area contributed by atoms with Gasteiger partial charge in [0.25, 0.3) is 0 Å². The number of thiazole rings is 1. The zero-order valence-electron chi connectivity index (χ0n) is 17.6. The van der Waals surface area contributed by atoms with Crippen LogP contribution in [0.1, 0.15) is 11.3 Å². The van der Waals surface area contributed by atoms with Crippen molar-refractivity contribution in [3.63, 3.8) is 0 Å². The van der Waals surface area contributed by atoms with Crippen LogP contribution in [0.15, 0.2) is 80.4 Å². The first-order valence-electron chi connectivity index (χ1n) is 10.1. The number of nitrogens with one attached hydrogen (secondary N) is 1. The third-order valence-corrected chi connectivity index (χ3v) is 6.58. The number of furan rings is 2. The van der Waals surface area contributed by atoms with Crippen LogP contribution in [0.5, 0.6) is 0 Å². The van der Waals surface area contributed by atoms with Crippen molar-refractivity contribution in [2.75, 3.05) is 11.1 Å². The molecule has 0 unspecified atom stereocenters. The van der Waals surface area contributed by atoms with E-state index in [2.05, 4.69) is 20.5 Å². The minimum atomic E-state index is -0.176. The Hall–Kier alpha value is -3.63. The molecule has 1 amide bonds. The number of benzene rings is 1. The van der Waals surface area contributed by atoms with E-state index in [9.17, 15) is 4.79 Å². The van der Waals surface area contributed by atoms with Gasteiger partial charge in [-0.05, 0) is 36.8 Å². The van der Waals surface area contributed by atoms with Crippen molar-refractivity contribution in [3.05, 3.63) is 77.8 Å². The van der Waals surface area contributed by atoms with E-state index in [1.807, 2.05) is 59.3 Å². The van der Waals surface area contributed by atoms with Crippen molar-refractivity contribution in [1.82, 2.24) is 19.7 Å². The van der Waals surface area contributed by atoms with Crippen LogP contribution in [-0.2, 0) is 11.3 Å². The van der Waals surface area contributed by atoms with Crippen LogP contribution in [0.2, 0.25) is 0 Å². The van der Waals surface area contributed by atoms with Gasteiger partial charge >= 0.3 is 0 Å². The smallest absolute Gasteiger partial charge is 0.236 e. The van der Waals surface area contributed by atoms with Gasteiger partial charge in [0.2, 0.25) is 5.91 Å². The van der Waals surface area contributed by atoms with Gasteiger partial charge in [0, 0.05) is 10.9 Å². The Morgan fingerprint density at radius 2 is 1.94 bits per heavy atom. The molecule has 0 saturated carbocycles. The molecule has 0 aliphatic rings. The van der Waals surface area contributed by atoms with Crippen molar-refractivity contribution in [1.29, 1.82) is 0 Å². The molecule has 33 heavy (non-hydrogen) atoms. The lowest BCUT2D eigenvalue weighted by molar-refractivity contribution is -0.113. The third-order valence-electron chi connectivity index (χ3n) is 4.85. The second-order valence-corrected chi connectivity index (χ2v) is 8.94. The van der Waals surface area contributed by atoms with Gasteiger partial charge in [0.1, 0.15) is 11.5 Å². The number of hydrogen-bond acceptors (Lipinski definition) is 8. The summed E-state index contributed by atoms with van der Waals surface area (Å²) in [6.45, 7) is 2.50. The Morgan fingerprint density at radius 1 is 1.09 bits per heavy atom. The van der Waals surface area contributed by atoms with Crippen LogP contribution in [0.4, 0.5) is 5.13 Å². The Kier molecular flexibility index (Phi) is 6.09. The fourth-order valence-electron chi connectivity index (χ4n) is 3.27. The summed E-state index contributed by atoms with van der Waals surface area (Å²) in [4.78, 5) is 17.0. The van der Waals surface area contributed by atoms with E-state index in [4.69, 9.17) is 8.83 Å². The number of thioether (sulfide) groups is 1. The molecular weight excluding hydrogens is 458 g/mol. The quantitative estimate of drug-likeness (QED) is 0.301. The van der Waals surface area contributed by atoms with E-state index in [1.54, 1.807) is 18.6 Å². The SMILES string of the molecule is Cc1ccccc1-c1nnc(SCC(=O)Nc2nc(-c3ccco3)cs2)n1Cc1ccco1. The molecule has 1 N–H and O–H groups in total. The molecule has 0 fully saturated rings. The predicted octanol–water partition coefficient (Wildman–Crippen LogP) is 5.34. The number of aryl methyl sites for hydroxylation is 1. The molecule has 0 radical (unpaired) electrons. The fraction of sp³-hybridized carbons (Fsp3) is 0.130. The second kappa shape index (κ2) is 9.47. The summed E-state index contributed by atoms with van der Waals surface area (Å²) in [6.07, 6.45) is 3.23. The van der Waals surface area contributed by atoms with Gasteiger partial charge in [0.15, 0.2) is 21.9 Å². The molecule has 4 aromatic heterocycles. The molecule has 8 nitrogen and oxygen atoms in total. The van der Waals surface area contributed by atoms with Gasteiger partial charge in [-0.2, -0.15) is 0 Å². The standard InChI is InChI=1S/C23H19N5O3S2/c1-15-6-2-3-8-17(15)21-26-27-23(28(21)12-16-7-4-10-30-16)33-14-20(29)25-22-24-18(13-32-22)19-9-5-11-31-19/h2-11,13H,12,14H2,1H3,(H,24,25,29). The van der Waals surface area contributed by atoms with Crippen LogP contribution in [0.25, 0.3) is 22.8 Å². The predicted molar refractivity (Wildman–Crippen MR) is 127 cm³/mol. The average molecular weight is 478 g/mol. The highest BCUT2D eigenvalue weighted by molar-refractivity contribution is 7.99. The summed E-state index contributed by atoms with van der Waals surface area (Å²) in [5, 5.41) is 14.6. The second-order valence-electron chi connectivity index (χ2n) is 7.14. The molecule has 1 aromatic carbocycles. The third kappa shape index (κ3) is 4.76. The number of carbonyl (C=O) groups is 1. The molecule has 0 saturated heterocycles. The summed E-state index contributed by atoms with van der Waals surface area (Å²) < 4.78 is 12.9. The summed E-state index contributed by atoms with van der Waals surface area (Å²) in [5.41, 5.74) is 2.77. The fourth-order valence-corrected chi connectivity index (χ4v) is 4.73. The first-order valence-corrected chi connectivity index (χ1v) is 12.0. The lowest BCUT2D eigenvalue weighted by atomic mass is 10.1. The maximum absolute atomic E-state index is 12.6. The summed E-state index contributed by atoms with van der Waals surface area (Å²) in [5.74, 6) is 2.17. The van der Waals surface area contributed by atoms with Crippen molar-refractivity contribution >= 4 is 34.1 Å². The number of aromatic nitrogens is 4. The maximum atomic E-state index is 12.6. The van der Waals surface area contributed by atoms with Gasteiger partial charge in [0.05, 0.1) is 24.8 Å². The zero-order chi connectivity index (χ0) is 22.6. The normalized spacial score (nSPS) is 11.1. The molecule has 0 aliphatic carbocycles. The van der Waals surface area contributed by atoms with Gasteiger partial charge in [-0.3, -0.25) is 9.36 Å². The minimum absolute atomic E-state index is 0.166. The number of rotatable bonds is 8. The summed E-state index contributed by atoms with van der Waals surface area (Å²) in [6, 6.07) is 15.4. The van der Waals surface area contributed by atoms with E-state index in [1.165, 1.54) is 23.1 Å². The number of anilines is 1. The highest BCUT2D eigenvalue weighted by Gasteiger charge is 2.18. The number of carbonyl (C=O) groups excluding carboxylic acids is 1. The van der Waals surface area contributed by atoms with E-state index in [0.29, 0.717) is 28.3 Å². The van der Waals surface area contributed by atoms with Crippen LogP contribution in [0, 0.1) is 6.92 Å². The molecular formula is C23H19N5O3S2. The lowest BCUT2D eigenvalue weighted by Crippen LogP contribution is -2.14. The highest BCUT2D eigenvalue weighted by Crippen LogP contribution is 2.28. The lowest BCUT2D eigenvalue weighted by Gasteiger charge is -2.10.